The van der Waals surface area contributed by atoms with Crippen LogP contribution in [0.15, 0.2) is 0 Å². The number of hydrogen-bond acceptors (Lipinski definition) is 6. The number of aldehydes is 1. The minimum atomic E-state index is -1.65. The molecule has 98 valence electrons. The highest BCUT2D eigenvalue weighted by Crippen LogP contribution is 2.48. The van der Waals surface area contributed by atoms with Crippen molar-refractivity contribution in [2.24, 2.45) is 5.92 Å². The van der Waals surface area contributed by atoms with Gasteiger partial charge in [-0.05, 0) is 6.42 Å². The molecule has 0 bridgehead atoms. The predicted molar refractivity (Wildman–Crippen MR) is 55.9 cm³/mol. The first-order chi connectivity index (χ1) is 7.81. The fraction of sp³-hybridized carbons (Fsp3) is 0.909. The van der Waals surface area contributed by atoms with E-state index in [0.717, 1.165) is 0 Å². The number of hydrogen-bond donors (Lipinski definition) is 5. The van der Waals surface area contributed by atoms with Crippen LogP contribution in [0.5, 0.6) is 0 Å². The van der Waals surface area contributed by atoms with Gasteiger partial charge in [0.05, 0.1) is 29.5 Å². The fourth-order valence-corrected chi connectivity index (χ4v) is 3.05. The first-order valence-corrected chi connectivity index (χ1v) is 5.75. The van der Waals surface area contributed by atoms with E-state index in [2.05, 4.69) is 0 Å². The lowest BCUT2D eigenvalue weighted by atomic mass is 9.59. The second kappa shape index (κ2) is 4.00. The molecular weight excluding hydrogens is 228 g/mol. The first kappa shape index (κ1) is 12.9. The molecule has 2 fully saturated rings. The lowest BCUT2D eigenvalue weighted by Crippen LogP contribution is -2.67. The molecule has 17 heavy (non-hydrogen) atoms. The molecule has 5 N–H and O–H groups in total. The van der Waals surface area contributed by atoms with Gasteiger partial charge in [-0.1, -0.05) is 0 Å². The van der Waals surface area contributed by atoms with E-state index < -0.39 is 35.4 Å². The SMILES string of the molecule is O=CC1CC2(O)CC(O)C(O)CC2(O)CC1O. The van der Waals surface area contributed by atoms with Gasteiger partial charge in [0.15, 0.2) is 0 Å². The molecule has 2 saturated carbocycles. The smallest absolute Gasteiger partial charge is 0.125 e. The normalized spacial score (nSPS) is 55.1. The number of aliphatic hydroxyl groups is 5. The zero-order valence-corrected chi connectivity index (χ0v) is 9.36. The molecule has 0 amide bonds. The van der Waals surface area contributed by atoms with Crippen LogP contribution in [-0.4, -0.2) is 61.3 Å². The van der Waals surface area contributed by atoms with Crippen molar-refractivity contribution in [2.45, 2.75) is 55.2 Å². The van der Waals surface area contributed by atoms with Crippen molar-refractivity contribution in [3.8, 4) is 0 Å². The van der Waals surface area contributed by atoms with Gasteiger partial charge in [-0.15, -0.1) is 0 Å². The van der Waals surface area contributed by atoms with Crippen molar-refractivity contribution in [3.05, 3.63) is 0 Å². The molecule has 0 aromatic rings. The van der Waals surface area contributed by atoms with Crippen LogP contribution in [-0.2, 0) is 4.79 Å². The second-order valence-electron chi connectivity index (χ2n) is 5.38. The summed E-state index contributed by atoms with van der Waals surface area (Å²) in [4.78, 5) is 10.8. The van der Waals surface area contributed by atoms with Crippen molar-refractivity contribution in [1.82, 2.24) is 0 Å². The molecular formula is C11H18O6. The quantitative estimate of drug-likeness (QED) is 0.339. The van der Waals surface area contributed by atoms with Crippen LogP contribution < -0.4 is 0 Å². The molecule has 6 atom stereocenters. The Labute approximate surface area is 98.5 Å². The van der Waals surface area contributed by atoms with E-state index in [1.807, 2.05) is 0 Å². The van der Waals surface area contributed by atoms with Crippen LogP contribution in [0.4, 0.5) is 0 Å². The van der Waals surface area contributed by atoms with Gasteiger partial charge in [-0.3, -0.25) is 0 Å². The van der Waals surface area contributed by atoms with Crippen LogP contribution in [0, 0.1) is 5.92 Å². The van der Waals surface area contributed by atoms with Crippen LogP contribution in [0.25, 0.3) is 0 Å². The van der Waals surface area contributed by atoms with E-state index in [-0.39, 0.29) is 25.7 Å². The Morgan fingerprint density at radius 2 is 1.24 bits per heavy atom. The lowest BCUT2D eigenvalue weighted by Gasteiger charge is -2.55. The molecule has 0 aliphatic heterocycles. The highest BCUT2D eigenvalue weighted by Gasteiger charge is 2.60. The van der Waals surface area contributed by atoms with Crippen LogP contribution >= 0.6 is 0 Å². The van der Waals surface area contributed by atoms with Gasteiger partial charge in [-0.25, -0.2) is 0 Å². The van der Waals surface area contributed by atoms with Gasteiger partial charge in [0.25, 0.3) is 0 Å². The van der Waals surface area contributed by atoms with Crippen LogP contribution in [0.3, 0.4) is 0 Å². The predicted octanol–water partition coefficient (Wildman–Crippen LogP) is -2.07. The Morgan fingerprint density at radius 3 is 1.71 bits per heavy atom. The minimum Gasteiger partial charge on any atom is -0.392 e. The number of carbonyl (C=O) groups excluding carboxylic acids is 1. The van der Waals surface area contributed by atoms with E-state index in [1.54, 1.807) is 0 Å². The number of fused-ring (bicyclic) bond motifs is 1. The Hall–Kier alpha value is -0.530. The van der Waals surface area contributed by atoms with E-state index in [1.165, 1.54) is 0 Å². The monoisotopic (exact) mass is 246 g/mol. The molecule has 6 unspecified atom stereocenters. The van der Waals surface area contributed by atoms with E-state index >= 15 is 0 Å². The maximum Gasteiger partial charge on any atom is 0.125 e. The van der Waals surface area contributed by atoms with Gasteiger partial charge in [0, 0.05) is 25.2 Å². The lowest BCUT2D eigenvalue weighted by molar-refractivity contribution is -0.257. The highest BCUT2D eigenvalue weighted by atomic mass is 16.4. The number of aliphatic hydroxyl groups excluding tert-OH is 3. The Kier molecular flexibility index (Phi) is 3.04. The third-order valence-electron chi connectivity index (χ3n) is 4.19. The standard InChI is InChI=1S/C11H18O6/c12-5-6-1-10(16)3-8(14)9(15)4-11(10,17)2-7(6)13/h5-9,13-17H,1-4H2. The Bertz CT molecular complexity index is 321. The summed E-state index contributed by atoms with van der Waals surface area (Å²) in [5.74, 6) is -0.747. The summed E-state index contributed by atoms with van der Waals surface area (Å²) in [7, 11) is 0. The van der Waals surface area contributed by atoms with Crippen LogP contribution in [0.2, 0.25) is 0 Å². The summed E-state index contributed by atoms with van der Waals surface area (Å²) in [6, 6.07) is 0. The van der Waals surface area contributed by atoms with E-state index in [0.29, 0.717) is 6.29 Å². The molecule has 2 rings (SSSR count). The van der Waals surface area contributed by atoms with Crippen molar-refractivity contribution in [1.29, 1.82) is 0 Å². The molecule has 0 spiro atoms. The van der Waals surface area contributed by atoms with E-state index in [4.69, 9.17) is 0 Å². The van der Waals surface area contributed by atoms with E-state index in [9.17, 15) is 30.3 Å². The fourth-order valence-electron chi connectivity index (χ4n) is 3.05. The molecule has 2 aliphatic carbocycles. The first-order valence-electron chi connectivity index (χ1n) is 5.75. The molecule has 6 heteroatoms. The Balaban J connectivity index is 2.28. The molecule has 0 radical (unpaired) electrons. The van der Waals surface area contributed by atoms with Crippen molar-refractivity contribution >= 4 is 6.29 Å². The van der Waals surface area contributed by atoms with Gasteiger partial charge in [0.2, 0.25) is 0 Å². The maximum absolute atomic E-state index is 10.8. The zero-order valence-electron chi connectivity index (χ0n) is 9.36. The average molecular weight is 246 g/mol. The Morgan fingerprint density at radius 1 is 0.824 bits per heavy atom. The van der Waals surface area contributed by atoms with Crippen molar-refractivity contribution < 1.29 is 30.3 Å². The molecule has 0 aromatic heterocycles. The highest BCUT2D eigenvalue weighted by molar-refractivity contribution is 5.55. The van der Waals surface area contributed by atoms with Gasteiger partial charge in [0.1, 0.15) is 6.29 Å². The third-order valence-corrected chi connectivity index (χ3v) is 4.19. The third kappa shape index (κ3) is 1.90. The number of rotatable bonds is 1. The number of carbonyl (C=O) groups is 1. The van der Waals surface area contributed by atoms with Crippen molar-refractivity contribution in [2.75, 3.05) is 0 Å². The second-order valence-corrected chi connectivity index (χ2v) is 5.38. The molecule has 0 saturated heterocycles. The zero-order chi connectivity index (χ0) is 12.8. The summed E-state index contributed by atoms with van der Waals surface area (Å²) < 4.78 is 0. The maximum atomic E-state index is 10.8. The summed E-state index contributed by atoms with van der Waals surface area (Å²) in [6.45, 7) is 0. The topological polar surface area (TPSA) is 118 Å². The molecule has 6 nitrogen and oxygen atoms in total. The summed E-state index contributed by atoms with van der Waals surface area (Å²) in [6.07, 6.45) is -3.38. The molecule has 0 heterocycles. The van der Waals surface area contributed by atoms with Crippen molar-refractivity contribution in [3.63, 3.8) is 0 Å². The minimum absolute atomic E-state index is 0.0993. The summed E-state index contributed by atoms with van der Waals surface area (Å²) in [5.41, 5.74) is -3.28. The average Bonchev–Trinajstić information content (AvgIpc) is 2.22. The molecule has 2 aliphatic rings. The van der Waals surface area contributed by atoms with Crippen LogP contribution in [0.1, 0.15) is 25.7 Å². The van der Waals surface area contributed by atoms with Gasteiger partial charge >= 0.3 is 0 Å². The van der Waals surface area contributed by atoms with Gasteiger partial charge in [-0.2, -0.15) is 0 Å². The summed E-state index contributed by atoms with van der Waals surface area (Å²) in [5, 5.41) is 49.5. The van der Waals surface area contributed by atoms with Gasteiger partial charge < -0.3 is 30.3 Å². The summed E-state index contributed by atoms with van der Waals surface area (Å²) >= 11 is 0. The molecule has 0 aromatic carbocycles. The largest absolute Gasteiger partial charge is 0.392 e.